The minimum absolute atomic E-state index is 0.524. The fraction of sp³-hybridized carbons (Fsp3) is 0.611. The van der Waals surface area contributed by atoms with Gasteiger partial charge < -0.3 is 10.2 Å². The molecular formula is C18H30N4. The van der Waals surface area contributed by atoms with Crippen LogP contribution in [0.2, 0.25) is 0 Å². The first-order valence-corrected chi connectivity index (χ1v) is 8.21. The number of rotatable bonds is 6. The number of guanidine groups is 1. The summed E-state index contributed by atoms with van der Waals surface area (Å²) in [5.41, 5.74) is 2.67. The van der Waals surface area contributed by atoms with Crippen molar-refractivity contribution in [2.75, 3.05) is 27.7 Å². The van der Waals surface area contributed by atoms with Gasteiger partial charge in [0.1, 0.15) is 0 Å². The van der Waals surface area contributed by atoms with E-state index in [9.17, 15) is 0 Å². The van der Waals surface area contributed by atoms with E-state index in [2.05, 4.69) is 72.3 Å². The summed E-state index contributed by atoms with van der Waals surface area (Å²) in [7, 11) is 6.17. The molecule has 0 spiro atoms. The van der Waals surface area contributed by atoms with Crippen LogP contribution in [0.1, 0.15) is 30.9 Å². The van der Waals surface area contributed by atoms with Crippen LogP contribution in [0.5, 0.6) is 0 Å². The van der Waals surface area contributed by atoms with E-state index < -0.39 is 0 Å². The van der Waals surface area contributed by atoms with Crippen LogP contribution in [0, 0.1) is 6.92 Å². The van der Waals surface area contributed by atoms with Crippen LogP contribution in [0.4, 0.5) is 0 Å². The van der Waals surface area contributed by atoms with Crippen molar-refractivity contribution in [3.8, 4) is 0 Å². The normalized spacial score (nSPS) is 16.7. The van der Waals surface area contributed by atoms with Gasteiger partial charge >= 0.3 is 0 Å². The van der Waals surface area contributed by atoms with E-state index in [4.69, 9.17) is 0 Å². The fourth-order valence-electron chi connectivity index (χ4n) is 2.73. The minimum atomic E-state index is 0.524. The van der Waals surface area contributed by atoms with Crippen molar-refractivity contribution >= 4 is 5.96 Å². The second-order valence-corrected chi connectivity index (χ2v) is 6.46. The van der Waals surface area contributed by atoms with E-state index in [1.165, 1.54) is 24.0 Å². The largest absolute Gasteiger partial charge is 0.355 e. The van der Waals surface area contributed by atoms with E-state index in [1.807, 2.05) is 7.05 Å². The molecule has 1 aromatic rings. The van der Waals surface area contributed by atoms with Crippen LogP contribution in [0.25, 0.3) is 0 Å². The summed E-state index contributed by atoms with van der Waals surface area (Å²) in [5.74, 6) is 0.958. The summed E-state index contributed by atoms with van der Waals surface area (Å²) in [4.78, 5) is 9.08. The van der Waals surface area contributed by atoms with Crippen molar-refractivity contribution in [1.29, 1.82) is 0 Å². The summed E-state index contributed by atoms with van der Waals surface area (Å²) < 4.78 is 0. The molecule has 0 radical (unpaired) electrons. The van der Waals surface area contributed by atoms with Gasteiger partial charge in [-0.1, -0.05) is 24.3 Å². The third kappa shape index (κ3) is 4.47. The molecule has 1 fully saturated rings. The van der Waals surface area contributed by atoms with E-state index in [1.54, 1.807) is 0 Å². The SMILES string of the molecule is CN=C(NCC(C)N(C)C1CC1)N(C)Cc1ccccc1C. The monoisotopic (exact) mass is 302 g/mol. The van der Waals surface area contributed by atoms with Gasteiger partial charge in [-0.05, 0) is 44.9 Å². The minimum Gasteiger partial charge on any atom is -0.355 e. The molecule has 0 heterocycles. The number of aliphatic imine (C=N–C) groups is 1. The Labute approximate surface area is 135 Å². The van der Waals surface area contributed by atoms with Crippen LogP contribution >= 0.6 is 0 Å². The zero-order valence-electron chi connectivity index (χ0n) is 14.6. The van der Waals surface area contributed by atoms with Gasteiger partial charge in [0.15, 0.2) is 5.96 Å². The highest BCUT2D eigenvalue weighted by atomic mass is 15.3. The molecule has 4 heteroatoms. The molecule has 1 unspecified atom stereocenters. The van der Waals surface area contributed by atoms with E-state index in [0.717, 1.165) is 25.1 Å². The third-order valence-electron chi connectivity index (χ3n) is 4.62. The van der Waals surface area contributed by atoms with Crippen molar-refractivity contribution in [1.82, 2.24) is 15.1 Å². The summed E-state index contributed by atoms with van der Waals surface area (Å²) in [6.07, 6.45) is 2.70. The summed E-state index contributed by atoms with van der Waals surface area (Å²) >= 11 is 0. The molecule has 0 aromatic heterocycles. The molecule has 4 nitrogen and oxygen atoms in total. The average molecular weight is 302 g/mol. The number of aryl methyl sites for hydroxylation is 1. The van der Waals surface area contributed by atoms with Crippen molar-refractivity contribution in [3.05, 3.63) is 35.4 Å². The highest BCUT2D eigenvalue weighted by molar-refractivity contribution is 5.79. The standard InChI is InChI=1S/C18H30N4/c1-14-8-6-7-9-16(14)13-21(4)18(19-3)20-12-15(2)22(5)17-10-11-17/h6-9,15,17H,10-13H2,1-5H3,(H,19,20). The Hall–Kier alpha value is -1.55. The lowest BCUT2D eigenvalue weighted by Gasteiger charge is -2.28. The van der Waals surface area contributed by atoms with E-state index in [-0.39, 0.29) is 0 Å². The molecule has 1 atom stereocenters. The Balaban J connectivity index is 1.86. The first-order valence-electron chi connectivity index (χ1n) is 8.21. The maximum absolute atomic E-state index is 4.42. The quantitative estimate of drug-likeness (QED) is 0.647. The molecular weight excluding hydrogens is 272 g/mol. The third-order valence-corrected chi connectivity index (χ3v) is 4.62. The van der Waals surface area contributed by atoms with E-state index in [0.29, 0.717) is 6.04 Å². The molecule has 22 heavy (non-hydrogen) atoms. The van der Waals surface area contributed by atoms with Crippen molar-refractivity contribution in [3.63, 3.8) is 0 Å². The summed E-state index contributed by atoms with van der Waals surface area (Å²) in [6, 6.07) is 9.84. The van der Waals surface area contributed by atoms with Gasteiger partial charge in [-0.15, -0.1) is 0 Å². The van der Waals surface area contributed by atoms with Gasteiger partial charge in [0, 0.05) is 39.3 Å². The Morgan fingerprint density at radius 3 is 2.59 bits per heavy atom. The molecule has 1 N–H and O–H groups in total. The molecule has 1 saturated carbocycles. The van der Waals surface area contributed by atoms with Crippen LogP contribution in [0.3, 0.4) is 0 Å². The molecule has 0 aliphatic heterocycles. The van der Waals surface area contributed by atoms with Gasteiger partial charge in [0.05, 0.1) is 0 Å². The zero-order valence-corrected chi connectivity index (χ0v) is 14.6. The number of hydrogen-bond acceptors (Lipinski definition) is 2. The van der Waals surface area contributed by atoms with Gasteiger partial charge in [0.25, 0.3) is 0 Å². The molecule has 2 rings (SSSR count). The lowest BCUT2D eigenvalue weighted by atomic mass is 10.1. The average Bonchev–Trinajstić information content (AvgIpc) is 3.34. The van der Waals surface area contributed by atoms with Crippen LogP contribution in [0.15, 0.2) is 29.3 Å². The highest BCUT2D eigenvalue weighted by Crippen LogP contribution is 2.26. The zero-order chi connectivity index (χ0) is 16.1. The van der Waals surface area contributed by atoms with Gasteiger partial charge in [0.2, 0.25) is 0 Å². The summed E-state index contributed by atoms with van der Waals surface area (Å²) in [6.45, 7) is 6.24. The topological polar surface area (TPSA) is 30.9 Å². The fourth-order valence-corrected chi connectivity index (χ4v) is 2.73. The molecule has 122 valence electrons. The van der Waals surface area contributed by atoms with Crippen molar-refractivity contribution in [2.24, 2.45) is 4.99 Å². The second kappa shape index (κ2) is 7.63. The van der Waals surface area contributed by atoms with Crippen LogP contribution in [-0.2, 0) is 6.54 Å². The van der Waals surface area contributed by atoms with Crippen molar-refractivity contribution < 1.29 is 0 Å². The predicted octanol–water partition coefficient (Wildman–Crippen LogP) is 2.48. The van der Waals surface area contributed by atoms with Crippen LogP contribution < -0.4 is 5.32 Å². The Morgan fingerprint density at radius 2 is 2.00 bits per heavy atom. The lowest BCUT2D eigenvalue weighted by molar-refractivity contribution is 0.246. The van der Waals surface area contributed by atoms with Crippen LogP contribution in [-0.4, -0.2) is 55.5 Å². The van der Waals surface area contributed by atoms with Gasteiger partial charge in [-0.3, -0.25) is 9.89 Å². The molecule has 1 aliphatic rings. The first-order chi connectivity index (χ1) is 10.5. The lowest BCUT2D eigenvalue weighted by Crippen LogP contribution is -2.45. The second-order valence-electron chi connectivity index (χ2n) is 6.46. The maximum Gasteiger partial charge on any atom is 0.193 e. The molecule has 0 saturated heterocycles. The predicted molar refractivity (Wildman–Crippen MR) is 94.3 cm³/mol. The number of nitrogens with one attached hydrogen (secondary N) is 1. The summed E-state index contributed by atoms with van der Waals surface area (Å²) in [5, 5.41) is 3.51. The number of likely N-dealkylation sites (N-methyl/N-ethyl adjacent to an activating group) is 1. The molecule has 1 aromatic carbocycles. The molecule has 0 bridgehead atoms. The Bertz CT molecular complexity index is 508. The van der Waals surface area contributed by atoms with Gasteiger partial charge in [-0.25, -0.2) is 0 Å². The maximum atomic E-state index is 4.42. The molecule has 1 aliphatic carbocycles. The number of benzene rings is 1. The highest BCUT2D eigenvalue weighted by Gasteiger charge is 2.29. The Morgan fingerprint density at radius 1 is 1.32 bits per heavy atom. The Kier molecular flexibility index (Phi) is 5.83. The number of nitrogens with zero attached hydrogens (tertiary/aromatic N) is 3. The molecule has 0 amide bonds. The van der Waals surface area contributed by atoms with E-state index >= 15 is 0 Å². The first kappa shape index (κ1) is 16.8. The smallest absolute Gasteiger partial charge is 0.193 e. The van der Waals surface area contributed by atoms with Gasteiger partial charge in [-0.2, -0.15) is 0 Å². The van der Waals surface area contributed by atoms with Crippen molar-refractivity contribution in [2.45, 2.75) is 45.3 Å². The number of hydrogen-bond donors (Lipinski definition) is 1.